The highest BCUT2D eigenvalue weighted by Crippen LogP contribution is 2.37. The average Bonchev–Trinajstić information content (AvgIpc) is 2.57. The number of ether oxygens (including phenoxy) is 2. The fraction of sp³-hybridized carbons (Fsp3) is 0.600. The fourth-order valence-electron chi connectivity index (χ4n) is 2.10. The van der Waals surface area contributed by atoms with Crippen LogP contribution in [0.3, 0.4) is 0 Å². The molecule has 0 amide bonds. The lowest BCUT2D eigenvalue weighted by Crippen LogP contribution is -2.41. The standard InChI is InChI=1S/C15H22BClO4/c1-10-7-12(17)11(8-13(10)19-9-18-6)16-20-14(2,3)15(4,5)21-16/h7-8H,9H2,1-6H3. The molecule has 1 aliphatic rings. The van der Waals surface area contributed by atoms with Crippen molar-refractivity contribution >= 4 is 24.2 Å². The Morgan fingerprint density at radius 2 is 1.71 bits per heavy atom. The lowest BCUT2D eigenvalue weighted by Gasteiger charge is -2.32. The molecule has 4 nitrogen and oxygen atoms in total. The highest BCUT2D eigenvalue weighted by molar-refractivity contribution is 6.65. The number of methoxy groups -OCH3 is 1. The third-order valence-corrected chi connectivity index (χ3v) is 4.46. The second-order valence-electron chi connectivity index (χ2n) is 6.28. The largest absolute Gasteiger partial charge is 0.496 e. The summed E-state index contributed by atoms with van der Waals surface area (Å²) in [4.78, 5) is 0. The molecule has 6 heteroatoms. The van der Waals surface area contributed by atoms with Gasteiger partial charge in [-0.15, -0.1) is 0 Å². The van der Waals surface area contributed by atoms with Crippen LogP contribution >= 0.6 is 11.6 Å². The van der Waals surface area contributed by atoms with Crippen molar-refractivity contribution in [2.24, 2.45) is 0 Å². The third-order valence-electron chi connectivity index (χ3n) is 4.13. The van der Waals surface area contributed by atoms with Gasteiger partial charge in [-0.05, 0) is 52.3 Å². The lowest BCUT2D eigenvalue weighted by atomic mass is 9.78. The van der Waals surface area contributed by atoms with Gasteiger partial charge in [0.25, 0.3) is 0 Å². The van der Waals surface area contributed by atoms with Crippen molar-refractivity contribution in [1.82, 2.24) is 0 Å². The van der Waals surface area contributed by atoms with Gasteiger partial charge in [-0.1, -0.05) is 11.6 Å². The minimum atomic E-state index is -0.506. The molecule has 21 heavy (non-hydrogen) atoms. The number of hydrogen-bond donors (Lipinski definition) is 0. The van der Waals surface area contributed by atoms with E-state index in [1.165, 1.54) is 0 Å². The number of rotatable bonds is 4. The molecule has 1 aromatic rings. The Morgan fingerprint density at radius 3 is 2.24 bits per heavy atom. The second-order valence-corrected chi connectivity index (χ2v) is 6.69. The van der Waals surface area contributed by atoms with E-state index in [1.807, 2.05) is 46.8 Å². The van der Waals surface area contributed by atoms with Crippen molar-refractivity contribution < 1.29 is 18.8 Å². The zero-order chi connectivity index (χ0) is 15.8. The lowest BCUT2D eigenvalue weighted by molar-refractivity contribution is 0.00578. The van der Waals surface area contributed by atoms with Gasteiger partial charge in [0, 0.05) is 17.6 Å². The third kappa shape index (κ3) is 3.21. The Balaban J connectivity index is 2.32. The van der Waals surface area contributed by atoms with Crippen molar-refractivity contribution in [1.29, 1.82) is 0 Å². The fourth-order valence-corrected chi connectivity index (χ4v) is 2.40. The van der Waals surface area contributed by atoms with E-state index in [9.17, 15) is 0 Å². The van der Waals surface area contributed by atoms with Gasteiger partial charge in [0.2, 0.25) is 0 Å². The highest BCUT2D eigenvalue weighted by Gasteiger charge is 2.52. The normalized spacial score (nSPS) is 19.9. The van der Waals surface area contributed by atoms with Gasteiger partial charge >= 0.3 is 7.12 Å². The van der Waals surface area contributed by atoms with E-state index in [1.54, 1.807) is 7.11 Å². The summed E-state index contributed by atoms with van der Waals surface area (Å²) in [5, 5.41) is 0.607. The Bertz CT molecular complexity index is 515. The number of aryl methyl sites for hydroxylation is 1. The van der Waals surface area contributed by atoms with Gasteiger partial charge in [-0.2, -0.15) is 0 Å². The van der Waals surface area contributed by atoms with Crippen molar-refractivity contribution in [3.8, 4) is 5.75 Å². The highest BCUT2D eigenvalue weighted by atomic mass is 35.5. The maximum Gasteiger partial charge on any atom is 0.496 e. The number of hydrogen-bond acceptors (Lipinski definition) is 4. The number of halogens is 1. The zero-order valence-electron chi connectivity index (χ0n) is 13.5. The summed E-state index contributed by atoms with van der Waals surface area (Å²) in [5.74, 6) is 0.714. The first-order valence-electron chi connectivity index (χ1n) is 6.95. The van der Waals surface area contributed by atoms with E-state index < -0.39 is 18.3 Å². The van der Waals surface area contributed by atoms with E-state index in [0.717, 1.165) is 11.0 Å². The molecule has 1 saturated heterocycles. The molecule has 0 aliphatic carbocycles. The molecule has 0 N–H and O–H groups in total. The minimum Gasteiger partial charge on any atom is -0.467 e. The molecule has 2 rings (SSSR count). The zero-order valence-corrected chi connectivity index (χ0v) is 14.2. The van der Waals surface area contributed by atoms with Crippen LogP contribution in [-0.2, 0) is 14.0 Å². The molecule has 1 fully saturated rings. The van der Waals surface area contributed by atoms with Crippen LogP contribution in [0.1, 0.15) is 33.3 Å². The molecule has 1 aromatic carbocycles. The topological polar surface area (TPSA) is 36.9 Å². The van der Waals surface area contributed by atoms with Crippen LogP contribution in [0.15, 0.2) is 12.1 Å². The summed E-state index contributed by atoms with van der Waals surface area (Å²) < 4.78 is 22.6. The summed E-state index contributed by atoms with van der Waals surface area (Å²) in [6.07, 6.45) is 0. The summed E-state index contributed by atoms with van der Waals surface area (Å²) >= 11 is 6.36. The first-order chi connectivity index (χ1) is 9.68. The Labute approximate surface area is 131 Å². The van der Waals surface area contributed by atoms with Gasteiger partial charge in [0.15, 0.2) is 6.79 Å². The Hall–Kier alpha value is -0.745. The van der Waals surface area contributed by atoms with Gasteiger partial charge in [-0.3, -0.25) is 0 Å². The summed E-state index contributed by atoms with van der Waals surface area (Å²) in [6, 6.07) is 3.71. The maximum atomic E-state index is 6.36. The summed E-state index contributed by atoms with van der Waals surface area (Å²) in [5.41, 5.74) is 0.906. The molecule has 0 radical (unpaired) electrons. The average molecular weight is 313 g/mol. The van der Waals surface area contributed by atoms with E-state index in [4.69, 9.17) is 30.4 Å². The van der Waals surface area contributed by atoms with Gasteiger partial charge in [-0.25, -0.2) is 0 Å². The van der Waals surface area contributed by atoms with Gasteiger partial charge in [0.1, 0.15) is 5.75 Å². The van der Waals surface area contributed by atoms with Crippen LogP contribution in [0.2, 0.25) is 5.02 Å². The van der Waals surface area contributed by atoms with Gasteiger partial charge in [0.05, 0.1) is 11.2 Å². The molecule has 0 atom stereocenters. The van der Waals surface area contributed by atoms with Crippen LogP contribution in [0, 0.1) is 6.92 Å². The van der Waals surface area contributed by atoms with Crippen LogP contribution in [-0.4, -0.2) is 32.2 Å². The second kappa shape index (κ2) is 5.80. The van der Waals surface area contributed by atoms with Crippen molar-refractivity contribution in [2.75, 3.05) is 13.9 Å². The van der Waals surface area contributed by atoms with E-state index in [-0.39, 0.29) is 6.79 Å². The van der Waals surface area contributed by atoms with E-state index in [0.29, 0.717) is 10.8 Å². The predicted molar refractivity (Wildman–Crippen MR) is 84.4 cm³/mol. The molecule has 0 aromatic heterocycles. The predicted octanol–water partition coefficient (Wildman–Crippen LogP) is 2.93. The van der Waals surface area contributed by atoms with Crippen LogP contribution in [0.4, 0.5) is 0 Å². The minimum absolute atomic E-state index is 0.186. The molecular weight excluding hydrogens is 290 g/mol. The Kier molecular flexibility index (Phi) is 4.59. The molecule has 0 spiro atoms. The van der Waals surface area contributed by atoms with Crippen LogP contribution in [0.5, 0.6) is 5.75 Å². The van der Waals surface area contributed by atoms with Crippen molar-refractivity contribution in [2.45, 2.75) is 45.8 Å². The maximum absolute atomic E-state index is 6.36. The Morgan fingerprint density at radius 1 is 1.14 bits per heavy atom. The monoisotopic (exact) mass is 312 g/mol. The molecule has 0 unspecified atom stereocenters. The molecule has 1 aliphatic heterocycles. The summed E-state index contributed by atoms with van der Waals surface area (Å²) in [7, 11) is 1.08. The van der Waals surface area contributed by atoms with Crippen molar-refractivity contribution in [3.05, 3.63) is 22.7 Å². The van der Waals surface area contributed by atoms with Crippen LogP contribution < -0.4 is 10.2 Å². The first kappa shape index (κ1) is 16.6. The van der Waals surface area contributed by atoms with Gasteiger partial charge < -0.3 is 18.8 Å². The molecule has 0 saturated carbocycles. The van der Waals surface area contributed by atoms with E-state index in [2.05, 4.69) is 0 Å². The quantitative estimate of drug-likeness (QED) is 0.633. The first-order valence-corrected chi connectivity index (χ1v) is 7.33. The SMILES string of the molecule is COCOc1cc(B2OC(C)(C)C(C)(C)O2)c(Cl)cc1C. The molecular formula is C15H22BClO4. The van der Waals surface area contributed by atoms with E-state index >= 15 is 0 Å². The molecule has 1 heterocycles. The smallest absolute Gasteiger partial charge is 0.467 e. The van der Waals surface area contributed by atoms with Crippen molar-refractivity contribution in [3.63, 3.8) is 0 Å². The van der Waals surface area contributed by atoms with Crippen LogP contribution in [0.25, 0.3) is 0 Å². The summed E-state index contributed by atoms with van der Waals surface area (Å²) in [6.45, 7) is 10.2. The molecule has 0 bridgehead atoms. The number of benzene rings is 1. The molecule has 116 valence electrons.